The molecule has 1 aliphatic rings. The van der Waals surface area contributed by atoms with Crippen LogP contribution in [0.5, 0.6) is 0 Å². The van der Waals surface area contributed by atoms with Crippen molar-refractivity contribution in [3.8, 4) is 0 Å². The Kier molecular flexibility index (Phi) is 10.3. The van der Waals surface area contributed by atoms with E-state index in [0.717, 1.165) is 35.6 Å². The van der Waals surface area contributed by atoms with Crippen molar-refractivity contribution in [1.29, 1.82) is 0 Å². The van der Waals surface area contributed by atoms with Gasteiger partial charge in [0, 0.05) is 31.5 Å². The summed E-state index contributed by atoms with van der Waals surface area (Å²) in [7, 11) is 0. The van der Waals surface area contributed by atoms with Gasteiger partial charge in [0.05, 0.1) is 5.54 Å². The highest BCUT2D eigenvalue weighted by Gasteiger charge is 2.41. The van der Waals surface area contributed by atoms with Crippen LogP contribution in [0.15, 0.2) is 42.5 Å². The Hall–Kier alpha value is -3.46. The summed E-state index contributed by atoms with van der Waals surface area (Å²) in [4.78, 5) is 53.9. The Morgan fingerprint density at radius 2 is 1.68 bits per heavy atom. The molecule has 3 rings (SSSR count). The Morgan fingerprint density at radius 3 is 2.35 bits per heavy atom. The van der Waals surface area contributed by atoms with Gasteiger partial charge in [0.2, 0.25) is 23.6 Å². The van der Waals surface area contributed by atoms with E-state index in [-0.39, 0.29) is 43.1 Å². The van der Waals surface area contributed by atoms with Crippen molar-refractivity contribution in [3.63, 3.8) is 0 Å². The maximum Gasteiger partial charge on any atom is 0.243 e. The summed E-state index contributed by atoms with van der Waals surface area (Å²) in [6.07, 6.45) is 3.20. The molecule has 1 aliphatic heterocycles. The lowest BCUT2D eigenvalue weighted by molar-refractivity contribution is -0.146. The fourth-order valence-corrected chi connectivity index (χ4v) is 5.19. The van der Waals surface area contributed by atoms with Crippen LogP contribution < -0.4 is 21.7 Å². The first-order chi connectivity index (χ1) is 18.8. The molecule has 2 unspecified atom stereocenters. The van der Waals surface area contributed by atoms with E-state index in [2.05, 4.69) is 16.0 Å². The average Bonchev–Trinajstić information content (AvgIpc) is 3.39. The molecule has 1 heterocycles. The van der Waals surface area contributed by atoms with Crippen molar-refractivity contribution in [2.45, 2.75) is 84.3 Å². The van der Waals surface area contributed by atoms with Crippen molar-refractivity contribution in [2.75, 3.05) is 19.6 Å². The van der Waals surface area contributed by atoms with Crippen LogP contribution in [0.1, 0.15) is 65.9 Å². The second-order valence-electron chi connectivity index (χ2n) is 12.0. The number of rotatable bonds is 12. The summed E-state index contributed by atoms with van der Waals surface area (Å²) < 4.78 is 0. The lowest BCUT2D eigenvalue weighted by Gasteiger charge is -2.33. The topological polar surface area (TPSA) is 134 Å². The van der Waals surface area contributed by atoms with Crippen LogP contribution in [0.3, 0.4) is 0 Å². The third-order valence-corrected chi connectivity index (χ3v) is 7.45. The zero-order valence-electron chi connectivity index (χ0n) is 24.5. The zero-order chi connectivity index (χ0) is 29.5. The van der Waals surface area contributed by atoms with Crippen LogP contribution >= 0.6 is 0 Å². The average molecular weight is 552 g/mol. The van der Waals surface area contributed by atoms with Gasteiger partial charge in [0.25, 0.3) is 0 Å². The molecular weight excluding hydrogens is 506 g/mol. The van der Waals surface area contributed by atoms with Gasteiger partial charge in [-0.05, 0) is 49.4 Å². The molecule has 0 saturated carbocycles. The summed E-state index contributed by atoms with van der Waals surface area (Å²) in [5.74, 6) is -1.02. The molecular formula is C31H45N5O4. The third-order valence-electron chi connectivity index (χ3n) is 7.45. The molecule has 2 atom stereocenters. The van der Waals surface area contributed by atoms with Crippen molar-refractivity contribution >= 4 is 34.4 Å². The number of nitrogens with one attached hydrogen (secondary N) is 3. The van der Waals surface area contributed by atoms with Gasteiger partial charge >= 0.3 is 0 Å². The van der Waals surface area contributed by atoms with Crippen LogP contribution in [0.25, 0.3) is 10.8 Å². The van der Waals surface area contributed by atoms with Gasteiger partial charge in [-0.15, -0.1) is 0 Å². The molecule has 40 heavy (non-hydrogen) atoms. The van der Waals surface area contributed by atoms with E-state index in [1.807, 2.05) is 63.2 Å². The monoisotopic (exact) mass is 551 g/mol. The van der Waals surface area contributed by atoms with E-state index in [0.29, 0.717) is 13.0 Å². The lowest BCUT2D eigenvalue weighted by Crippen LogP contribution is -2.56. The first-order valence-corrected chi connectivity index (χ1v) is 14.3. The van der Waals surface area contributed by atoms with Gasteiger partial charge < -0.3 is 26.6 Å². The van der Waals surface area contributed by atoms with E-state index in [1.54, 1.807) is 18.7 Å². The number of benzene rings is 2. The highest BCUT2D eigenvalue weighted by molar-refractivity contribution is 5.94. The van der Waals surface area contributed by atoms with E-state index in [9.17, 15) is 19.2 Å². The minimum Gasteiger partial charge on any atom is -0.353 e. The van der Waals surface area contributed by atoms with Gasteiger partial charge in [0.1, 0.15) is 12.1 Å². The maximum absolute atomic E-state index is 13.5. The summed E-state index contributed by atoms with van der Waals surface area (Å²) in [6, 6.07) is 12.5. The van der Waals surface area contributed by atoms with Crippen LogP contribution in [-0.4, -0.2) is 65.8 Å². The highest BCUT2D eigenvalue weighted by atomic mass is 16.2. The molecule has 0 aliphatic carbocycles. The quantitative estimate of drug-likeness (QED) is 0.301. The fourth-order valence-electron chi connectivity index (χ4n) is 5.19. The van der Waals surface area contributed by atoms with E-state index in [4.69, 9.17) is 5.73 Å². The summed E-state index contributed by atoms with van der Waals surface area (Å²) in [6.45, 7) is 10.0. The van der Waals surface area contributed by atoms with Crippen molar-refractivity contribution < 1.29 is 19.2 Å². The summed E-state index contributed by atoms with van der Waals surface area (Å²) >= 11 is 0. The molecule has 5 N–H and O–H groups in total. The Labute approximate surface area is 237 Å². The second-order valence-corrected chi connectivity index (χ2v) is 12.0. The third kappa shape index (κ3) is 8.03. The molecule has 2 aromatic rings. The molecule has 1 saturated heterocycles. The number of carbonyl (C=O) groups excluding carboxylic acids is 4. The summed E-state index contributed by atoms with van der Waals surface area (Å²) in [5.41, 5.74) is 5.14. The van der Waals surface area contributed by atoms with Gasteiger partial charge in [-0.2, -0.15) is 0 Å². The van der Waals surface area contributed by atoms with Gasteiger partial charge in [-0.3, -0.25) is 19.2 Å². The van der Waals surface area contributed by atoms with Gasteiger partial charge in [0.15, 0.2) is 0 Å². The normalized spacial score (nSPS) is 16.4. The molecule has 0 bridgehead atoms. The van der Waals surface area contributed by atoms with Crippen molar-refractivity contribution in [2.24, 2.45) is 11.1 Å². The number of carbonyl (C=O) groups is 4. The van der Waals surface area contributed by atoms with Crippen LogP contribution in [0.4, 0.5) is 0 Å². The van der Waals surface area contributed by atoms with Gasteiger partial charge in [-0.1, -0.05) is 69.7 Å². The molecule has 2 aromatic carbocycles. The molecule has 0 aromatic heterocycles. The Morgan fingerprint density at radius 1 is 1.00 bits per heavy atom. The lowest BCUT2D eigenvalue weighted by atomic mass is 9.86. The van der Waals surface area contributed by atoms with E-state index >= 15 is 0 Å². The molecule has 9 heteroatoms. The first-order valence-electron chi connectivity index (χ1n) is 14.3. The smallest absolute Gasteiger partial charge is 0.243 e. The standard InChI is InChI=1S/C31H45N5O4/c1-6-15-30(2,3)29(40)36-18-9-12-25(36)27(38)35-24(26(37)33-16-17-34-28(39)31(4,5)32)20-21-13-14-22-10-7-8-11-23(22)19-21/h7-8,10-11,13-14,19,24-25H,6,9,12,15-18,20,32H2,1-5H3,(H,33,37)(H,34,39)(H,35,38). The van der Waals surface area contributed by atoms with E-state index in [1.165, 1.54) is 0 Å². The van der Waals surface area contributed by atoms with Crippen LogP contribution in [-0.2, 0) is 25.6 Å². The first kappa shape index (κ1) is 31.1. The molecule has 218 valence electrons. The largest absolute Gasteiger partial charge is 0.353 e. The number of likely N-dealkylation sites (tertiary alicyclic amines) is 1. The Balaban J connectivity index is 1.74. The SMILES string of the molecule is CCCC(C)(C)C(=O)N1CCCC1C(=O)NC(Cc1ccc2ccccc2c1)C(=O)NCCNC(=O)C(C)(C)N. The zero-order valence-corrected chi connectivity index (χ0v) is 24.5. The number of hydrogen-bond acceptors (Lipinski definition) is 5. The fraction of sp³-hybridized carbons (Fsp3) is 0.548. The predicted octanol–water partition coefficient (Wildman–Crippen LogP) is 2.65. The molecule has 1 fully saturated rings. The number of fused-ring (bicyclic) bond motifs is 1. The number of nitrogens with zero attached hydrogens (tertiary/aromatic N) is 1. The number of hydrogen-bond donors (Lipinski definition) is 4. The second kappa shape index (κ2) is 13.3. The number of nitrogens with two attached hydrogens (primary N) is 1. The minimum atomic E-state index is -1.02. The van der Waals surface area contributed by atoms with Crippen LogP contribution in [0.2, 0.25) is 0 Å². The van der Waals surface area contributed by atoms with E-state index < -0.39 is 23.0 Å². The molecule has 0 radical (unpaired) electrons. The summed E-state index contributed by atoms with van der Waals surface area (Å²) in [5, 5.41) is 10.6. The van der Waals surface area contributed by atoms with Crippen molar-refractivity contribution in [3.05, 3.63) is 48.0 Å². The molecule has 4 amide bonds. The van der Waals surface area contributed by atoms with Crippen LogP contribution in [0, 0.1) is 5.41 Å². The molecule has 9 nitrogen and oxygen atoms in total. The number of amides is 4. The van der Waals surface area contributed by atoms with Crippen molar-refractivity contribution in [1.82, 2.24) is 20.9 Å². The highest BCUT2D eigenvalue weighted by Crippen LogP contribution is 2.30. The Bertz CT molecular complexity index is 1220. The predicted molar refractivity (Wildman–Crippen MR) is 157 cm³/mol. The maximum atomic E-state index is 13.5. The van der Waals surface area contributed by atoms with Gasteiger partial charge in [-0.25, -0.2) is 0 Å². The minimum absolute atomic E-state index is 0.0268. The molecule has 0 spiro atoms.